The third-order valence-electron chi connectivity index (χ3n) is 4.55. The number of nitrogens with one attached hydrogen (secondary N) is 1. The fraction of sp³-hybridized carbons (Fsp3) is 0.0909. The molecule has 1 atom stereocenters. The fourth-order valence-electron chi connectivity index (χ4n) is 2.98. The summed E-state index contributed by atoms with van der Waals surface area (Å²) in [5.74, 6) is -2.66. The highest BCUT2D eigenvalue weighted by molar-refractivity contribution is 6.09. The van der Waals surface area contributed by atoms with Gasteiger partial charge in [0.1, 0.15) is 11.6 Å². The van der Waals surface area contributed by atoms with Gasteiger partial charge in [0.2, 0.25) is 6.10 Å². The van der Waals surface area contributed by atoms with Crippen molar-refractivity contribution in [3.63, 3.8) is 0 Å². The second-order valence-electron chi connectivity index (χ2n) is 6.60. The molecule has 0 fully saturated rings. The molecule has 0 aliphatic carbocycles. The van der Waals surface area contributed by atoms with Crippen molar-refractivity contribution in [1.82, 2.24) is 4.98 Å². The Balaban J connectivity index is 1.39. The van der Waals surface area contributed by atoms with Crippen molar-refractivity contribution in [3.05, 3.63) is 95.3 Å². The molecule has 2 heterocycles. The normalized spacial score (nSPS) is 15.3. The minimum atomic E-state index is -0.930. The van der Waals surface area contributed by atoms with Gasteiger partial charge in [-0.25, -0.2) is 8.78 Å². The number of benzene rings is 2. The van der Waals surface area contributed by atoms with Gasteiger partial charge in [-0.1, -0.05) is 5.16 Å². The second-order valence-corrected chi connectivity index (χ2v) is 6.60. The molecule has 0 saturated carbocycles. The largest absolute Gasteiger partial charge is 0.382 e. The lowest BCUT2D eigenvalue weighted by Crippen LogP contribution is -2.28. The fourth-order valence-corrected chi connectivity index (χ4v) is 2.98. The van der Waals surface area contributed by atoms with E-state index >= 15 is 0 Å². The van der Waals surface area contributed by atoms with Gasteiger partial charge < -0.3 is 10.2 Å². The molecule has 0 spiro atoms. The van der Waals surface area contributed by atoms with Crippen LogP contribution < -0.4 is 5.32 Å². The summed E-state index contributed by atoms with van der Waals surface area (Å²) in [4.78, 5) is 34.1. The van der Waals surface area contributed by atoms with Crippen LogP contribution in [0.3, 0.4) is 0 Å². The van der Waals surface area contributed by atoms with Crippen LogP contribution in [0.1, 0.15) is 27.9 Å². The number of carbonyl (C=O) groups is 2. The first-order chi connectivity index (χ1) is 14.5. The molecule has 8 heteroatoms. The molecular formula is C22H15F2N3O3. The number of oxime groups is 1. The SMILES string of the molecule is O=C(c1ccc(NC(=O)C2CC(c3cccnc3)=NO2)cc1)c1ccc(F)cc1F. The summed E-state index contributed by atoms with van der Waals surface area (Å²) in [6.45, 7) is 0. The molecular weight excluding hydrogens is 392 g/mol. The van der Waals surface area contributed by atoms with Gasteiger partial charge in [-0.3, -0.25) is 14.6 Å². The third-order valence-corrected chi connectivity index (χ3v) is 4.55. The van der Waals surface area contributed by atoms with Crippen LogP contribution in [0, 0.1) is 11.6 Å². The van der Waals surface area contributed by atoms with Gasteiger partial charge in [0.15, 0.2) is 5.78 Å². The van der Waals surface area contributed by atoms with E-state index in [9.17, 15) is 18.4 Å². The van der Waals surface area contributed by atoms with E-state index in [0.29, 0.717) is 23.9 Å². The van der Waals surface area contributed by atoms with E-state index in [0.717, 1.165) is 17.7 Å². The average Bonchev–Trinajstić information content (AvgIpc) is 3.25. The lowest BCUT2D eigenvalue weighted by atomic mass is 10.0. The number of hydrogen-bond acceptors (Lipinski definition) is 5. The van der Waals surface area contributed by atoms with Crippen molar-refractivity contribution in [2.75, 3.05) is 5.32 Å². The Morgan fingerprint density at radius 2 is 1.87 bits per heavy atom. The number of aromatic nitrogens is 1. The van der Waals surface area contributed by atoms with Crippen molar-refractivity contribution in [1.29, 1.82) is 0 Å². The summed E-state index contributed by atoms with van der Waals surface area (Å²) in [6.07, 6.45) is 2.80. The Labute approximate surface area is 170 Å². The molecule has 1 aromatic heterocycles. The molecule has 1 amide bonds. The van der Waals surface area contributed by atoms with Crippen LogP contribution in [0.25, 0.3) is 0 Å². The number of carbonyl (C=O) groups excluding carboxylic acids is 2. The first-order valence-electron chi connectivity index (χ1n) is 9.05. The maximum absolute atomic E-state index is 13.8. The standard InChI is InChI=1S/C22H15F2N3O3/c23-15-5-8-17(18(24)10-15)21(28)13-3-6-16(7-4-13)26-22(29)20-11-19(27-30-20)14-2-1-9-25-12-14/h1-10,12,20H,11H2,(H,26,29). The summed E-state index contributed by atoms with van der Waals surface area (Å²) in [7, 11) is 0. The number of amides is 1. The number of nitrogens with zero attached hydrogens (tertiary/aromatic N) is 2. The minimum Gasteiger partial charge on any atom is -0.382 e. The quantitative estimate of drug-likeness (QED) is 0.654. The van der Waals surface area contributed by atoms with Gasteiger partial charge in [0, 0.05) is 41.7 Å². The topological polar surface area (TPSA) is 80.7 Å². The number of anilines is 1. The zero-order valence-corrected chi connectivity index (χ0v) is 15.5. The molecule has 0 saturated heterocycles. The summed E-state index contributed by atoms with van der Waals surface area (Å²) < 4.78 is 26.8. The molecule has 6 nitrogen and oxygen atoms in total. The van der Waals surface area contributed by atoms with E-state index in [1.54, 1.807) is 18.5 Å². The predicted molar refractivity (Wildman–Crippen MR) is 105 cm³/mol. The van der Waals surface area contributed by atoms with Crippen molar-refractivity contribution in [2.24, 2.45) is 5.16 Å². The Morgan fingerprint density at radius 1 is 1.07 bits per heavy atom. The summed E-state index contributed by atoms with van der Waals surface area (Å²) in [5, 5.41) is 6.64. The van der Waals surface area contributed by atoms with E-state index in [2.05, 4.69) is 15.5 Å². The maximum atomic E-state index is 13.8. The molecule has 1 aliphatic rings. The lowest BCUT2D eigenvalue weighted by molar-refractivity contribution is -0.125. The van der Waals surface area contributed by atoms with E-state index in [1.807, 2.05) is 6.07 Å². The predicted octanol–water partition coefficient (Wildman–Crippen LogP) is 3.72. The van der Waals surface area contributed by atoms with Gasteiger partial charge in [0.25, 0.3) is 5.91 Å². The van der Waals surface area contributed by atoms with Crippen molar-refractivity contribution >= 4 is 23.1 Å². The van der Waals surface area contributed by atoms with Crippen LogP contribution in [0.4, 0.5) is 14.5 Å². The van der Waals surface area contributed by atoms with Gasteiger partial charge in [0.05, 0.1) is 11.3 Å². The Morgan fingerprint density at radius 3 is 2.57 bits per heavy atom. The zero-order chi connectivity index (χ0) is 21.1. The smallest absolute Gasteiger partial charge is 0.268 e. The van der Waals surface area contributed by atoms with E-state index < -0.39 is 23.5 Å². The lowest BCUT2D eigenvalue weighted by Gasteiger charge is -2.10. The van der Waals surface area contributed by atoms with Crippen LogP contribution in [-0.4, -0.2) is 28.5 Å². The van der Waals surface area contributed by atoms with Gasteiger partial charge >= 0.3 is 0 Å². The molecule has 30 heavy (non-hydrogen) atoms. The van der Waals surface area contributed by atoms with Gasteiger partial charge in [-0.05, 0) is 48.5 Å². The van der Waals surface area contributed by atoms with E-state index in [1.165, 1.54) is 24.3 Å². The highest BCUT2D eigenvalue weighted by Gasteiger charge is 2.29. The molecule has 4 rings (SSSR count). The van der Waals surface area contributed by atoms with Crippen molar-refractivity contribution in [3.8, 4) is 0 Å². The number of rotatable bonds is 5. The van der Waals surface area contributed by atoms with Crippen LogP contribution in [0.5, 0.6) is 0 Å². The first kappa shape index (κ1) is 19.4. The third kappa shape index (κ3) is 4.07. The number of ketones is 1. The molecule has 1 N–H and O–H groups in total. The molecule has 3 aromatic rings. The van der Waals surface area contributed by atoms with Gasteiger partial charge in [-0.15, -0.1) is 0 Å². The second kappa shape index (κ2) is 8.20. The molecule has 0 radical (unpaired) electrons. The molecule has 1 aliphatic heterocycles. The number of halogens is 2. The Bertz CT molecular complexity index is 1130. The van der Waals surface area contributed by atoms with Crippen LogP contribution in [-0.2, 0) is 9.63 Å². The maximum Gasteiger partial charge on any atom is 0.268 e. The Hall–Kier alpha value is -3.94. The highest BCUT2D eigenvalue weighted by atomic mass is 19.1. The van der Waals surface area contributed by atoms with Crippen molar-refractivity contribution in [2.45, 2.75) is 12.5 Å². The van der Waals surface area contributed by atoms with E-state index in [-0.39, 0.29) is 17.0 Å². The monoisotopic (exact) mass is 407 g/mol. The first-order valence-corrected chi connectivity index (χ1v) is 9.05. The molecule has 1 unspecified atom stereocenters. The van der Waals surface area contributed by atoms with Crippen LogP contribution in [0.2, 0.25) is 0 Å². The highest BCUT2D eigenvalue weighted by Crippen LogP contribution is 2.20. The minimum absolute atomic E-state index is 0.206. The Kier molecular flexibility index (Phi) is 5.30. The summed E-state index contributed by atoms with van der Waals surface area (Å²) in [6, 6.07) is 12.3. The van der Waals surface area contributed by atoms with E-state index in [4.69, 9.17) is 4.84 Å². The summed E-state index contributed by atoms with van der Waals surface area (Å²) in [5.41, 5.74) is 1.83. The number of pyridine rings is 1. The zero-order valence-electron chi connectivity index (χ0n) is 15.5. The van der Waals surface area contributed by atoms with Crippen LogP contribution >= 0.6 is 0 Å². The number of hydrogen-bond donors (Lipinski definition) is 1. The molecule has 150 valence electrons. The average molecular weight is 407 g/mol. The van der Waals surface area contributed by atoms with Gasteiger partial charge in [-0.2, -0.15) is 0 Å². The molecule has 0 bridgehead atoms. The molecule has 2 aromatic carbocycles. The summed E-state index contributed by atoms with van der Waals surface area (Å²) >= 11 is 0. The van der Waals surface area contributed by atoms with Crippen molar-refractivity contribution < 1.29 is 23.2 Å². The van der Waals surface area contributed by atoms with Crippen LogP contribution in [0.15, 0.2) is 72.1 Å².